The molecule has 116 valence electrons. The molecule has 0 saturated carbocycles. The zero-order valence-electron chi connectivity index (χ0n) is 14.0. The van der Waals surface area contributed by atoms with Crippen LogP contribution in [0.25, 0.3) is 0 Å². The molecule has 1 aliphatic heterocycles. The summed E-state index contributed by atoms with van der Waals surface area (Å²) >= 11 is 0. The third kappa shape index (κ3) is 2.64. The van der Waals surface area contributed by atoms with Gasteiger partial charge in [0.2, 0.25) is 0 Å². The number of piperidine rings is 1. The van der Waals surface area contributed by atoms with Crippen molar-refractivity contribution in [3.63, 3.8) is 0 Å². The van der Waals surface area contributed by atoms with Gasteiger partial charge in [-0.2, -0.15) is 0 Å². The molecule has 0 spiro atoms. The van der Waals surface area contributed by atoms with E-state index in [4.69, 9.17) is 0 Å². The number of likely N-dealkylation sites (N-methyl/N-ethyl adjacent to an activating group) is 1. The van der Waals surface area contributed by atoms with Gasteiger partial charge in [0.05, 0.1) is 0 Å². The average molecular weight is 286 g/mol. The molecule has 0 amide bonds. The molecule has 1 saturated heterocycles. The van der Waals surface area contributed by atoms with Gasteiger partial charge in [0.25, 0.3) is 0 Å². The maximum atomic E-state index is 3.62. The summed E-state index contributed by atoms with van der Waals surface area (Å²) in [4.78, 5) is 2.79. The molecular formula is C19H30N2. The number of nitrogens with one attached hydrogen (secondary N) is 1. The van der Waals surface area contributed by atoms with Crippen LogP contribution in [-0.2, 0) is 0 Å². The molecule has 1 aliphatic carbocycles. The quantitative estimate of drug-likeness (QED) is 0.886. The van der Waals surface area contributed by atoms with Crippen LogP contribution in [0.3, 0.4) is 0 Å². The largest absolute Gasteiger partial charge is 0.312 e. The Labute approximate surface area is 129 Å². The molecule has 3 rings (SSSR count). The van der Waals surface area contributed by atoms with Crippen molar-refractivity contribution in [3.8, 4) is 0 Å². The van der Waals surface area contributed by atoms with Gasteiger partial charge in [-0.05, 0) is 62.7 Å². The first kappa shape index (κ1) is 15.1. The topological polar surface area (TPSA) is 15.3 Å². The summed E-state index contributed by atoms with van der Waals surface area (Å²) in [5.41, 5.74) is 3.07. The molecule has 0 aromatic heterocycles. The molecule has 2 heteroatoms. The van der Waals surface area contributed by atoms with Gasteiger partial charge in [0.1, 0.15) is 0 Å². The number of hydrogen-bond acceptors (Lipinski definition) is 2. The van der Waals surface area contributed by atoms with Gasteiger partial charge in [-0.3, -0.25) is 4.90 Å². The molecule has 0 radical (unpaired) electrons. The summed E-state index contributed by atoms with van der Waals surface area (Å²) < 4.78 is 0. The Kier molecular flexibility index (Phi) is 4.37. The smallest absolute Gasteiger partial charge is 0.0478 e. The van der Waals surface area contributed by atoms with Gasteiger partial charge < -0.3 is 5.32 Å². The van der Waals surface area contributed by atoms with Gasteiger partial charge in [0, 0.05) is 18.1 Å². The minimum absolute atomic E-state index is 0.477. The van der Waals surface area contributed by atoms with E-state index < -0.39 is 0 Å². The lowest BCUT2D eigenvalue weighted by atomic mass is 9.76. The lowest BCUT2D eigenvalue weighted by Crippen LogP contribution is -2.54. The van der Waals surface area contributed by atoms with E-state index in [1.54, 1.807) is 5.56 Å². The van der Waals surface area contributed by atoms with Crippen molar-refractivity contribution in [2.24, 2.45) is 5.92 Å². The van der Waals surface area contributed by atoms with Crippen LogP contribution in [0.4, 0.5) is 0 Å². The second-order valence-electron chi connectivity index (χ2n) is 7.20. The Morgan fingerprint density at radius 3 is 2.52 bits per heavy atom. The maximum Gasteiger partial charge on any atom is 0.0478 e. The highest BCUT2D eigenvalue weighted by Crippen LogP contribution is 2.41. The van der Waals surface area contributed by atoms with Crippen molar-refractivity contribution in [3.05, 3.63) is 35.4 Å². The molecule has 0 bridgehead atoms. The van der Waals surface area contributed by atoms with Crippen LogP contribution < -0.4 is 5.32 Å². The van der Waals surface area contributed by atoms with Crippen molar-refractivity contribution >= 4 is 0 Å². The summed E-state index contributed by atoms with van der Waals surface area (Å²) in [7, 11) is 2.13. The van der Waals surface area contributed by atoms with E-state index in [0.29, 0.717) is 24.0 Å². The summed E-state index contributed by atoms with van der Waals surface area (Å²) in [6.07, 6.45) is 4.02. The standard InChI is InChI=1S/C19H30N2/c1-13-8-7-11-21(15(13)3)18-12-14(2)16-9-5-6-10-17(16)19(18)20-4/h5-6,9-10,13-15,18-20H,7-8,11-12H2,1-4H3. The number of rotatable bonds is 2. The monoisotopic (exact) mass is 286 g/mol. The van der Waals surface area contributed by atoms with Gasteiger partial charge in [-0.1, -0.05) is 38.1 Å². The van der Waals surface area contributed by atoms with Gasteiger partial charge in [0.15, 0.2) is 0 Å². The molecule has 21 heavy (non-hydrogen) atoms. The number of fused-ring (bicyclic) bond motifs is 1. The van der Waals surface area contributed by atoms with Crippen LogP contribution in [0, 0.1) is 5.92 Å². The molecule has 1 aromatic carbocycles. The predicted molar refractivity (Wildman–Crippen MR) is 89.6 cm³/mol. The second-order valence-corrected chi connectivity index (χ2v) is 7.20. The highest BCUT2D eigenvalue weighted by atomic mass is 15.2. The van der Waals surface area contributed by atoms with Crippen LogP contribution in [-0.4, -0.2) is 30.6 Å². The fourth-order valence-electron chi connectivity index (χ4n) is 4.59. The third-order valence-electron chi connectivity index (χ3n) is 6.00. The second kappa shape index (κ2) is 6.10. The normalized spacial score (nSPS) is 37.2. The first-order valence-electron chi connectivity index (χ1n) is 8.65. The molecule has 5 atom stereocenters. The van der Waals surface area contributed by atoms with Crippen molar-refractivity contribution in [2.75, 3.05) is 13.6 Å². The molecular weight excluding hydrogens is 256 g/mol. The minimum Gasteiger partial charge on any atom is -0.312 e. The molecule has 2 aliphatic rings. The molecule has 1 aromatic rings. The fourth-order valence-corrected chi connectivity index (χ4v) is 4.59. The van der Waals surface area contributed by atoms with Crippen LogP contribution >= 0.6 is 0 Å². The van der Waals surface area contributed by atoms with E-state index in [1.807, 2.05) is 0 Å². The predicted octanol–water partition coefficient (Wildman–Crippen LogP) is 3.94. The van der Waals surface area contributed by atoms with Crippen molar-refractivity contribution in [1.29, 1.82) is 0 Å². The Morgan fingerprint density at radius 1 is 1.10 bits per heavy atom. The highest BCUT2D eigenvalue weighted by molar-refractivity contribution is 5.36. The van der Waals surface area contributed by atoms with E-state index in [1.165, 1.54) is 31.4 Å². The zero-order valence-corrected chi connectivity index (χ0v) is 14.0. The Hall–Kier alpha value is -0.860. The lowest BCUT2D eigenvalue weighted by Gasteiger charge is -2.49. The maximum absolute atomic E-state index is 3.62. The summed E-state index contributed by atoms with van der Waals surface area (Å²) in [6.45, 7) is 8.52. The van der Waals surface area contributed by atoms with E-state index in [9.17, 15) is 0 Å². The third-order valence-corrected chi connectivity index (χ3v) is 6.00. The number of nitrogens with zero attached hydrogens (tertiary/aromatic N) is 1. The first-order valence-corrected chi connectivity index (χ1v) is 8.65. The zero-order chi connectivity index (χ0) is 15.0. The Balaban J connectivity index is 1.93. The molecule has 1 N–H and O–H groups in total. The van der Waals surface area contributed by atoms with E-state index >= 15 is 0 Å². The minimum atomic E-state index is 0.477. The highest BCUT2D eigenvalue weighted by Gasteiger charge is 2.39. The van der Waals surface area contributed by atoms with Gasteiger partial charge in [-0.15, -0.1) is 0 Å². The summed E-state index contributed by atoms with van der Waals surface area (Å²) in [5, 5.41) is 3.62. The molecule has 1 fully saturated rings. The van der Waals surface area contributed by atoms with Gasteiger partial charge >= 0.3 is 0 Å². The molecule has 5 unspecified atom stereocenters. The van der Waals surface area contributed by atoms with Crippen molar-refractivity contribution in [1.82, 2.24) is 10.2 Å². The Morgan fingerprint density at radius 2 is 1.81 bits per heavy atom. The van der Waals surface area contributed by atoms with E-state index in [0.717, 1.165) is 5.92 Å². The Bertz CT molecular complexity index is 484. The lowest BCUT2D eigenvalue weighted by molar-refractivity contribution is 0.0392. The van der Waals surface area contributed by atoms with Crippen LogP contribution in [0.5, 0.6) is 0 Å². The number of hydrogen-bond donors (Lipinski definition) is 1. The SMILES string of the molecule is CNC1c2ccccc2C(C)CC1N1CCCC(C)C1C. The van der Waals surface area contributed by atoms with Crippen LogP contribution in [0.2, 0.25) is 0 Å². The summed E-state index contributed by atoms with van der Waals surface area (Å²) in [5.74, 6) is 1.49. The van der Waals surface area contributed by atoms with E-state index in [-0.39, 0.29) is 0 Å². The van der Waals surface area contributed by atoms with Crippen molar-refractivity contribution < 1.29 is 0 Å². The van der Waals surface area contributed by atoms with E-state index in [2.05, 4.69) is 62.3 Å². The average Bonchev–Trinajstić information content (AvgIpc) is 2.50. The van der Waals surface area contributed by atoms with Crippen LogP contribution in [0.1, 0.15) is 63.1 Å². The molecule has 2 nitrogen and oxygen atoms in total. The number of likely N-dealkylation sites (tertiary alicyclic amines) is 1. The number of benzene rings is 1. The first-order chi connectivity index (χ1) is 10.1. The van der Waals surface area contributed by atoms with Crippen LogP contribution in [0.15, 0.2) is 24.3 Å². The molecule has 1 heterocycles. The summed E-state index contributed by atoms with van der Waals surface area (Å²) in [6, 6.07) is 10.9. The van der Waals surface area contributed by atoms with Crippen molar-refractivity contribution in [2.45, 2.75) is 64.1 Å². The fraction of sp³-hybridized carbons (Fsp3) is 0.684. The van der Waals surface area contributed by atoms with Gasteiger partial charge in [-0.25, -0.2) is 0 Å².